The molecule has 1 amide bonds. The minimum atomic E-state index is -0.0626. The standard InChI is InChI=1S/C23H26N2O3S/c1-15(2)28-18-9-7-17(8-10-18)22(26)25(14-19-5-4-12-27-19)23-24-20-11-6-16(3)13-21(20)29-23/h6-11,13,15,19H,4-5,12,14H2,1-3H3. The number of amides is 1. The van der Waals surface area contributed by atoms with Crippen LogP contribution in [0.4, 0.5) is 5.13 Å². The Kier molecular flexibility index (Phi) is 5.83. The van der Waals surface area contributed by atoms with Crippen molar-refractivity contribution in [2.45, 2.75) is 45.8 Å². The molecule has 6 heteroatoms. The van der Waals surface area contributed by atoms with E-state index in [1.807, 2.05) is 50.2 Å². The van der Waals surface area contributed by atoms with Gasteiger partial charge in [0.05, 0.1) is 29.0 Å². The first-order chi connectivity index (χ1) is 14.0. The number of hydrogen-bond donors (Lipinski definition) is 0. The Balaban J connectivity index is 1.64. The van der Waals surface area contributed by atoms with Gasteiger partial charge in [-0.2, -0.15) is 0 Å². The van der Waals surface area contributed by atoms with E-state index < -0.39 is 0 Å². The van der Waals surface area contributed by atoms with Crippen molar-refractivity contribution >= 4 is 32.6 Å². The Morgan fingerprint density at radius 2 is 2.07 bits per heavy atom. The van der Waals surface area contributed by atoms with E-state index in [2.05, 4.69) is 13.0 Å². The minimum absolute atomic E-state index is 0.0521. The average Bonchev–Trinajstić information content (AvgIpc) is 3.34. The summed E-state index contributed by atoms with van der Waals surface area (Å²) in [7, 11) is 0. The number of rotatable bonds is 6. The van der Waals surface area contributed by atoms with E-state index in [0.29, 0.717) is 17.2 Å². The van der Waals surface area contributed by atoms with Crippen molar-refractivity contribution in [1.82, 2.24) is 4.98 Å². The molecule has 1 aliphatic rings. The van der Waals surface area contributed by atoms with Crippen LogP contribution in [-0.4, -0.2) is 36.3 Å². The topological polar surface area (TPSA) is 51.7 Å². The molecule has 152 valence electrons. The van der Waals surface area contributed by atoms with Gasteiger partial charge in [-0.15, -0.1) is 0 Å². The van der Waals surface area contributed by atoms with Crippen LogP contribution in [0.2, 0.25) is 0 Å². The van der Waals surface area contributed by atoms with Crippen molar-refractivity contribution in [3.63, 3.8) is 0 Å². The maximum absolute atomic E-state index is 13.4. The average molecular weight is 411 g/mol. The lowest BCUT2D eigenvalue weighted by Gasteiger charge is -2.23. The van der Waals surface area contributed by atoms with Crippen LogP contribution in [0.5, 0.6) is 5.75 Å². The first-order valence-electron chi connectivity index (χ1n) is 10.1. The van der Waals surface area contributed by atoms with Crippen LogP contribution in [-0.2, 0) is 4.74 Å². The molecule has 29 heavy (non-hydrogen) atoms. The fourth-order valence-corrected chi connectivity index (χ4v) is 4.55. The number of aromatic nitrogens is 1. The normalized spacial score (nSPS) is 16.5. The molecule has 0 aliphatic carbocycles. The third-order valence-corrected chi connectivity index (χ3v) is 5.93. The number of benzene rings is 2. The molecule has 1 fully saturated rings. The molecule has 4 rings (SSSR count). The lowest BCUT2D eigenvalue weighted by atomic mass is 10.1. The van der Waals surface area contributed by atoms with E-state index in [1.165, 1.54) is 5.56 Å². The zero-order valence-corrected chi connectivity index (χ0v) is 17.9. The molecule has 2 aromatic carbocycles. The fourth-order valence-electron chi connectivity index (χ4n) is 3.48. The van der Waals surface area contributed by atoms with Crippen molar-refractivity contribution in [1.29, 1.82) is 0 Å². The largest absolute Gasteiger partial charge is 0.491 e. The molecule has 0 spiro atoms. The molecule has 0 saturated carbocycles. The Morgan fingerprint density at radius 3 is 2.76 bits per heavy atom. The van der Waals surface area contributed by atoms with E-state index in [-0.39, 0.29) is 18.1 Å². The zero-order chi connectivity index (χ0) is 20.4. The summed E-state index contributed by atoms with van der Waals surface area (Å²) in [6.07, 6.45) is 2.15. The Hall–Kier alpha value is -2.44. The van der Waals surface area contributed by atoms with Crippen LogP contribution in [0.3, 0.4) is 0 Å². The summed E-state index contributed by atoms with van der Waals surface area (Å²) < 4.78 is 12.6. The van der Waals surface area contributed by atoms with Crippen LogP contribution < -0.4 is 9.64 Å². The first kappa shape index (κ1) is 19.9. The summed E-state index contributed by atoms with van der Waals surface area (Å²) in [5.41, 5.74) is 2.72. The van der Waals surface area contributed by atoms with E-state index in [0.717, 1.165) is 35.4 Å². The third-order valence-electron chi connectivity index (χ3n) is 4.89. The molecule has 2 heterocycles. The highest BCUT2D eigenvalue weighted by Gasteiger charge is 2.27. The molecule has 0 radical (unpaired) electrons. The quantitative estimate of drug-likeness (QED) is 0.559. The van der Waals surface area contributed by atoms with Crippen LogP contribution in [0, 0.1) is 6.92 Å². The van der Waals surface area contributed by atoms with Gasteiger partial charge in [-0.1, -0.05) is 17.4 Å². The molecule has 1 aromatic heterocycles. The van der Waals surface area contributed by atoms with E-state index in [4.69, 9.17) is 14.5 Å². The number of carbonyl (C=O) groups excluding carboxylic acids is 1. The van der Waals surface area contributed by atoms with Crippen molar-refractivity contribution in [3.05, 3.63) is 53.6 Å². The van der Waals surface area contributed by atoms with Crippen molar-refractivity contribution in [2.24, 2.45) is 0 Å². The maximum Gasteiger partial charge on any atom is 0.260 e. The highest BCUT2D eigenvalue weighted by Crippen LogP contribution is 2.31. The smallest absolute Gasteiger partial charge is 0.260 e. The number of thiazole rings is 1. The lowest BCUT2D eigenvalue weighted by molar-refractivity contribution is 0.0917. The third kappa shape index (κ3) is 4.60. The van der Waals surface area contributed by atoms with Gasteiger partial charge in [0.2, 0.25) is 0 Å². The van der Waals surface area contributed by atoms with Crippen LogP contribution >= 0.6 is 11.3 Å². The van der Waals surface area contributed by atoms with Gasteiger partial charge in [-0.3, -0.25) is 9.69 Å². The van der Waals surface area contributed by atoms with Gasteiger partial charge in [0, 0.05) is 12.2 Å². The van der Waals surface area contributed by atoms with E-state index in [9.17, 15) is 4.79 Å². The number of hydrogen-bond acceptors (Lipinski definition) is 5. The highest BCUT2D eigenvalue weighted by atomic mass is 32.1. The molecule has 5 nitrogen and oxygen atoms in total. The summed E-state index contributed by atoms with van der Waals surface area (Å²) in [5, 5.41) is 0.716. The lowest BCUT2D eigenvalue weighted by Crippen LogP contribution is -2.37. The molecular weight excluding hydrogens is 384 g/mol. The number of anilines is 1. The predicted octanol–water partition coefficient (Wildman–Crippen LogP) is 5.22. The minimum Gasteiger partial charge on any atom is -0.491 e. The van der Waals surface area contributed by atoms with Crippen LogP contribution in [0.1, 0.15) is 42.6 Å². The van der Waals surface area contributed by atoms with Gasteiger partial charge in [-0.05, 0) is 75.6 Å². The molecule has 1 atom stereocenters. The molecular formula is C23H26N2O3S. The highest BCUT2D eigenvalue weighted by molar-refractivity contribution is 7.22. The Bertz CT molecular complexity index is 991. The van der Waals surface area contributed by atoms with Gasteiger partial charge in [0.15, 0.2) is 5.13 Å². The van der Waals surface area contributed by atoms with Crippen molar-refractivity contribution < 1.29 is 14.3 Å². The number of ether oxygens (including phenoxy) is 2. The summed E-state index contributed by atoms with van der Waals surface area (Å²) in [4.78, 5) is 19.9. The van der Waals surface area contributed by atoms with Crippen molar-refractivity contribution in [2.75, 3.05) is 18.1 Å². The molecule has 0 bridgehead atoms. The molecule has 1 unspecified atom stereocenters. The maximum atomic E-state index is 13.4. The number of carbonyl (C=O) groups is 1. The van der Waals surface area contributed by atoms with Crippen molar-refractivity contribution in [3.8, 4) is 5.75 Å². The fraction of sp³-hybridized carbons (Fsp3) is 0.391. The zero-order valence-electron chi connectivity index (χ0n) is 17.1. The van der Waals surface area contributed by atoms with Crippen LogP contribution in [0.25, 0.3) is 10.2 Å². The Labute approximate surface area is 175 Å². The van der Waals surface area contributed by atoms with Gasteiger partial charge >= 0.3 is 0 Å². The summed E-state index contributed by atoms with van der Waals surface area (Å²) in [6.45, 7) is 7.30. The van der Waals surface area contributed by atoms with E-state index >= 15 is 0 Å². The second-order valence-corrected chi connectivity index (χ2v) is 8.72. The monoisotopic (exact) mass is 410 g/mol. The van der Waals surface area contributed by atoms with Gasteiger partial charge in [-0.25, -0.2) is 4.98 Å². The first-order valence-corrected chi connectivity index (χ1v) is 10.9. The molecule has 1 aliphatic heterocycles. The van der Waals surface area contributed by atoms with Crippen LogP contribution in [0.15, 0.2) is 42.5 Å². The number of aryl methyl sites for hydroxylation is 1. The molecule has 0 N–H and O–H groups in total. The number of nitrogens with zero attached hydrogens (tertiary/aromatic N) is 2. The molecule has 1 saturated heterocycles. The number of fused-ring (bicyclic) bond motifs is 1. The predicted molar refractivity (Wildman–Crippen MR) is 117 cm³/mol. The van der Waals surface area contributed by atoms with Gasteiger partial charge < -0.3 is 9.47 Å². The SMILES string of the molecule is Cc1ccc2nc(N(CC3CCCO3)C(=O)c3ccc(OC(C)C)cc3)sc2c1. The van der Waals surface area contributed by atoms with Gasteiger partial charge in [0.25, 0.3) is 5.91 Å². The Morgan fingerprint density at radius 1 is 1.28 bits per heavy atom. The summed E-state index contributed by atoms with van der Waals surface area (Å²) in [5.74, 6) is 0.699. The van der Waals surface area contributed by atoms with Gasteiger partial charge in [0.1, 0.15) is 5.75 Å². The summed E-state index contributed by atoms with van der Waals surface area (Å²) in [6, 6.07) is 13.5. The second kappa shape index (κ2) is 8.51. The molecule has 3 aromatic rings. The summed E-state index contributed by atoms with van der Waals surface area (Å²) >= 11 is 1.55. The second-order valence-electron chi connectivity index (χ2n) is 7.71. The van der Waals surface area contributed by atoms with E-state index in [1.54, 1.807) is 16.2 Å².